The van der Waals surface area contributed by atoms with Crippen molar-refractivity contribution in [3.8, 4) is 0 Å². The van der Waals surface area contributed by atoms with E-state index in [0.29, 0.717) is 10.7 Å². The maximum absolute atomic E-state index is 12.7. The molecule has 2 aromatic rings. The Morgan fingerprint density at radius 2 is 1.82 bits per heavy atom. The average molecular weight is 318 g/mol. The first-order chi connectivity index (χ1) is 10.5. The highest BCUT2D eigenvalue weighted by molar-refractivity contribution is 6.33. The number of pyridine rings is 1. The van der Waals surface area contributed by atoms with Gasteiger partial charge < -0.3 is 9.80 Å². The van der Waals surface area contributed by atoms with Crippen molar-refractivity contribution in [2.75, 3.05) is 33.2 Å². The highest BCUT2D eigenvalue weighted by Crippen LogP contribution is 2.25. The van der Waals surface area contributed by atoms with Crippen LogP contribution in [0, 0.1) is 13.8 Å². The molecular formula is C17H20ClN3O. The summed E-state index contributed by atoms with van der Waals surface area (Å²) in [6, 6.07) is 6.01. The van der Waals surface area contributed by atoms with Crippen LogP contribution >= 0.6 is 11.6 Å². The molecule has 5 heteroatoms. The standard InChI is InChI=1S/C17H20ClN3O/c1-11-8-12(2)15-13(9-11)10-14(16(18)19-15)17(22)21-6-4-20(3)5-7-21/h8-10H,4-7H2,1-3H3. The van der Waals surface area contributed by atoms with Crippen LogP contribution < -0.4 is 0 Å². The Kier molecular flexibility index (Phi) is 4.06. The molecule has 0 atom stereocenters. The monoisotopic (exact) mass is 317 g/mol. The lowest BCUT2D eigenvalue weighted by atomic mass is 10.0. The number of hydrogen-bond acceptors (Lipinski definition) is 3. The summed E-state index contributed by atoms with van der Waals surface area (Å²) in [6.45, 7) is 7.31. The van der Waals surface area contributed by atoms with E-state index < -0.39 is 0 Å². The Morgan fingerprint density at radius 3 is 2.50 bits per heavy atom. The van der Waals surface area contributed by atoms with Crippen molar-refractivity contribution in [1.29, 1.82) is 0 Å². The third kappa shape index (κ3) is 2.81. The zero-order chi connectivity index (χ0) is 15.9. The van der Waals surface area contributed by atoms with E-state index in [1.165, 1.54) is 0 Å². The zero-order valence-electron chi connectivity index (χ0n) is 13.2. The molecule has 0 saturated carbocycles. The number of likely N-dealkylation sites (N-methyl/N-ethyl adjacent to an activating group) is 1. The molecule has 1 saturated heterocycles. The Hall–Kier alpha value is -1.65. The Morgan fingerprint density at radius 1 is 1.14 bits per heavy atom. The van der Waals surface area contributed by atoms with Gasteiger partial charge in [0.2, 0.25) is 0 Å². The Bertz CT molecular complexity index is 736. The van der Waals surface area contributed by atoms with E-state index in [1.807, 2.05) is 30.9 Å². The predicted molar refractivity (Wildman–Crippen MR) is 89.6 cm³/mol. The highest BCUT2D eigenvalue weighted by Gasteiger charge is 2.23. The van der Waals surface area contributed by atoms with Crippen molar-refractivity contribution < 1.29 is 4.79 Å². The van der Waals surface area contributed by atoms with Gasteiger partial charge in [-0.3, -0.25) is 4.79 Å². The number of piperazine rings is 1. The van der Waals surface area contributed by atoms with Gasteiger partial charge in [0.25, 0.3) is 5.91 Å². The number of rotatable bonds is 1. The number of amides is 1. The first-order valence-electron chi connectivity index (χ1n) is 7.51. The van der Waals surface area contributed by atoms with E-state index in [4.69, 9.17) is 11.6 Å². The van der Waals surface area contributed by atoms with Gasteiger partial charge in [0.1, 0.15) is 5.15 Å². The van der Waals surface area contributed by atoms with Gasteiger partial charge in [-0.15, -0.1) is 0 Å². The van der Waals surface area contributed by atoms with Gasteiger partial charge in [-0.05, 0) is 38.6 Å². The average Bonchev–Trinajstić information content (AvgIpc) is 2.47. The summed E-state index contributed by atoms with van der Waals surface area (Å²) in [5, 5.41) is 1.27. The lowest BCUT2D eigenvalue weighted by Gasteiger charge is -2.32. The molecular weight excluding hydrogens is 298 g/mol. The van der Waals surface area contributed by atoms with E-state index >= 15 is 0 Å². The second kappa shape index (κ2) is 5.86. The van der Waals surface area contributed by atoms with Crippen molar-refractivity contribution in [1.82, 2.24) is 14.8 Å². The normalized spacial score (nSPS) is 16.3. The minimum atomic E-state index is -0.0216. The first kappa shape index (κ1) is 15.3. The SMILES string of the molecule is Cc1cc(C)c2nc(Cl)c(C(=O)N3CCN(C)CC3)cc2c1. The largest absolute Gasteiger partial charge is 0.336 e. The number of aromatic nitrogens is 1. The molecule has 3 rings (SSSR count). The Balaban J connectivity index is 2.00. The molecule has 1 aromatic carbocycles. The molecule has 0 radical (unpaired) electrons. The fourth-order valence-corrected chi connectivity index (χ4v) is 3.18. The lowest BCUT2D eigenvalue weighted by molar-refractivity contribution is 0.0664. The van der Waals surface area contributed by atoms with E-state index in [2.05, 4.69) is 23.0 Å². The molecule has 0 unspecified atom stereocenters. The number of benzene rings is 1. The number of halogens is 1. The van der Waals surface area contributed by atoms with E-state index in [9.17, 15) is 4.79 Å². The number of nitrogens with zero attached hydrogens (tertiary/aromatic N) is 3. The molecule has 0 spiro atoms. The molecule has 1 fully saturated rings. The fraction of sp³-hybridized carbons (Fsp3) is 0.412. The summed E-state index contributed by atoms with van der Waals surface area (Å²) in [6.07, 6.45) is 0. The lowest BCUT2D eigenvalue weighted by Crippen LogP contribution is -2.47. The summed E-state index contributed by atoms with van der Waals surface area (Å²) in [4.78, 5) is 21.3. The molecule has 0 bridgehead atoms. The highest BCUT2D eigenvalue weighted by atomic mass is 35.5. The number of carbonyl (C=O) groups excluding carboxylic acids is 1. The van der Waals surface area contributed by atoms with Crippen molar-refractivity contribution >= 4 is 28.4 Å². The van der Waals surface area contributed by atoms with E-state index in [0.717, 1.165) is 48.2 Å². The molecule has 1 aromatic heterocycles. The first-order valence-corrected chi connectivity index (χ1v) is 7.89. The number of carbonyl (C=O) groups is 1. The smallest absolute Gasteiger partial charge is 0.257 e. The van der Waals surface area contributed by atoms with Crippen LogP contribution in [0.3, 0.4) is 0 Å². The number of fused-ring (bicyclic) bond motifs is 1. The minimum absolute atomic E-state index is 0.0216. The van der Waals surface area contributed by atoms with Gasteiger partial charge in [0, 0.05) is 31.6 Å². The topological polar surface area (TPSA) is 36.4 Å². The van der Waals surface area contributed by atoms with E-state index in [1.54, 1.807) is 0 Å². The van der Waals surface area contributed by atoms with Crippen molar-refractivity contribution in [2.24, 2.45) is 0 Å². The molecule has 0 N–H and O–H groups in total. The van der Waals surface area contributed by atoms with Crippen LogP contribution in [-0.2, 0) is 0 Å². The van der Waals surface area contributed by atoms with Gasteiger partial charge in [0.05, 0.1) is 11.1 Å². The quantitative estimate of drug-likeness (QED) is 0.759. The molecule has 1 aliphatic rings. The minimum Gasteiger partial charge on any atom is -0.336 e. The van der Waals surface area contributed by atoms with Gasteiger partial charge in [0.15, 0.2) is 0 Å². The van der Waals surface area contributed by atoms with Crippen LogP contribution in [-0.4, -0.2) is 53.9 Å². The molecule has 1 amide bonds. The third-order valence-electron chi connectivity index (χ3n) is 4.23. The van der Waals surface area contributed by atoms with Crippen molar-refractivity contribution in [3.05, 3.63) is 40.0 Å². The van der Waals surface area contributed by atoms with Gasteiger partial charge in [-0.1, -0.05) is 23.2 Å². The summed E-state index contributed by atoms with van der Waals surface area (Å²) in [7, 11) is 2.07. The van der Waals surface area contributed by atoms with Crippen LogP contribution in [0.5, 0.6) is 0 Å². The molecule has 0 aliphatic carbocycles. The van der Waals surface area contributed by atoms with E-state index in [-0.39, 0.29) is 5.91 Å². The number of hydrogen-bond donors (Lipinski definition) is 0. The van der Waals surface area contributed by atoms with Gasteiger partial charge in [-0.2, -0.15) is 0 Å². The van der Waals surface area contributed by atoms with Crippen LogP contribution in [0.25, 0.3) is 10.9 Å². The molecule has 116 valence electrons. The van der Waals surface area contributed by atoms with Crippen LogP contribution in [0.4, 0.5) is 0 Å². The van der Waals surface area contributed by atoms with Crippen LogP contribution in [0.2, 0.25) is 5.15 Å². The summed E-state index contributed by atoms with van der Waals surface area (Å²) >= 11 is 6.29. The van der Waals surface area contributed by atoms with Crippen molar-refractivity contribution in [3.63, 3.8) is 0 Å². The van der Waals surface area contributed by atoms with Crippen molar-refractivity contribution in [2.45, 2.75) is 13.8 Å². The van der Waals surface area contributed by atoms with Gasteiger partial charge in [-0.25, -0.2) is 4.98 Å². The fourth-order valence-electron chi connectivity index (χ4n) is 2.96. The van der Waals surface area contributed by atoms with Gasteiger partial charge >= 0.3 is 0 Å². The molecule has 2 heterocycles. The summed E-state index contributed by atoms with van der Waals surface area (Å²) < 4.78 is 0. The summed E-state index contributed by atoms with van der Waals surface area (Å²) in [5.74, 6) is -0.0216. The Labute approximate surface area is 135 Å². The summed E-state index contributed by atoms with van der Waals surface area (Å²) in [5.41, 5.74) is 3.61. The second-order valence-corrected chi connectivity index (χ2v) is 6.43. The molecule has 4 nitrogen and oxygen atoms in total. The molecule has 1 aliphatic heterocycles. The molecule has 22 heavy (non-hydrogen) atoms. The predicted octanol–water partition coefficient (Wildman–Crippen LogP) is 2.89. The maximum Gasteiger partial charge on any atom is 0.257 e. The zero-order valence-corrected chi connectivity index (χ0v) is 13.9. The maximum atomic E-state index is 12.7. The van der Waals surface area contributed by atoms with Crippen LogP contribution in [0.1, 0.15) is 21.5 Å². The van der Waals surface area contributed by atoms with Crippen LogP contribution in [0.15, 0.2) is 18.2 Å². The second-order valence-electron chi connectivity index (χ2n) is 6.08. The third-order valence-corrected chi connectivity index (χ3v) is 4.52. The number of aryl methyl sites for hydroxylation is 2.